The fourth-order valence-corrected chi connectivity index (χ4v) is 3.24. The van der Waals surface area contributed by atoms with Crippen LogP contribution in [0.15, 0.2) is 48.8 Å². The Bertz CT molecular complexity index is 1350. The van der Waals surface area contributed by atoms with Gasteiger partial charge in [-0.05, 0) is 30.3 Å². The fraction of sp³-hybridized carbons (Fsp3) is 0.0952. The van der Waals surface area contributed by atoms with Gasteiger partial charge in [-0.1, -0.05) is 11.6 Å². The molecule has 2 aromatic carbocycles. The Kier molecular flexibility index (Phi) is 5.59. The number of aromatic amines is 1. The van der Waals surface area contributed by atoms with Gasteiger partial charge >= 0.3 is 6.36 Å². The van der Waals surface area contributed by atoms with E-state index in [1.54, 1.807) is 18.5 Å². The number of benzene rings is 2. The van der Waals surface area contributed by atoms with E-state index in [9.17, 15) is 22.8 Å². The number of hydrogen-bond donors (Lipinski definition) is 1. The van der Waals surface area contributed by atoms with E-state index in [0.29, 0.717) is 11.1 Å². The molecule has 4 aromatic rings. The van der Waals surface area contributed by atoms with Crippen molar-refractivity contribution in [2.24, 2.45) is 0 Å². The van der Waals surface area contributed by atoms with E-state index in [2.05, 4.69) is 19.9 Å². The highest BCUT2D eigenvalue weighted by molar-refractivity contribution is 6.32. The summed E-state index contributed by atoms with van der Waals surface area (Å²) in [5.41, 5.74) is 0.969. The van der Waals surface area contributed by atoms with Crippen LogP contribution in [0.1, 0.15) is 11.3 Å². The van der Waals surface area contributed by atoms with Crippen LogP contribution in [0, 0.1) is 17.1 Å². The van der Waals surface area contributed by atoms with Gasteiger partial charge in [-0.15, -0.1) is 13.2 Å². The van der Waals surface area contributed by atoms with Gasteiger partial charge in [0.05, 0.1) is 16.1 Å². The second-order valence-corrected chi connectivity index (χ2v) is 6.92. The molecule has 11 heteroatoms. The number of alkyl halides is 3. The lowest BCUT2D eigenvalue weighted by molar-refractivity contribution is -0.274. The van der Waals surface area contributed by atoms with E-state index in [1.807, 2.05) is 6.07 Å². The summed E-state index contributed by atoms with van der Waals surface area (Å²) in [5.74, 6) is -1.43. The predicted octanol–water partition coefficient (Wildman–Crippen LogP) is 5.77. The third-order valence-electron chi connectivity index (χ3n) is 4.46. The van der Waals surface area contributed by atoms with Crippen LogP contribution >= 0.6 is 11.6 Å². The second kappa shape index (κ2) is 8.36. The number of hydrogen-bond acceptors (Lipinski definition) is 5. The zero-order valence-corrected chi connectivity index (χ0v) is 16.6. The standard InChI is InChI=1S/C21H11ClF4N4O2/c22-16-7-20(31-10-19-15-9-28-4-3-18(15)29-30-19)14(5-11(16)8-27)13-6-12(1-2-17(13)23)32-21(24,25)26/h1-7,9H,10H2,(H,29,30). The smallest absolute Gasteiger partial charge is 0.486 e. The zero-order valence-electron chi connectivity index (χ0n) is 15.9. The van der Waals surface area contributed by atoms with Gasteiger partial charge < -0.3 is 9.47 Å². The molecule has 0 aliphatic carbocycles. The number of nitrogens with one attached hydrogen (secondary N) is 1. The molecule has 1 N–H and O–H groups in total. The molecule has 162 valence electrons. The lowest BCUT2D eigenvalue weighted by atomic mass is 10.0. The lowest BCUT2D eigenvalue weighted by Crippen LogP contribution is -2.17. The van der Waals surface area contributed by atoms with Gasteiger partial charge in [-0.25, -0.2) is 4.39 Å². The first kappa shape index (κ1) is 21.4. The molecule has 0 radical (unpaired) electrons. The Balaban J connectivity index is 1.75. The number of halogens is 5. The Hall–Kier alpha value is -3.84. The van der Waals surface area contributed by atoms with Crippen molar-refractivity contribution in [1.29, 1.82) is 5.26 Å². The highest BCUT2D eigenvalue weighted by Crippen LogP contribution is 2.39. The van der Waals surface area contributed by atoms with E-state index in [1.165, 1.54) is 12.1 Å². The van der Waals surface area contributed by atoms with E-state index >= 15 is 0 Å². The summed E-state index contributed by atoms with van der Waals surface area (Å²) >= 11 is 6.10. The van der Waals surface area contributed by atoms with Crippen molar-refractivity contribution in [2.45, 2.75) is 13.0 Å². The minimum atomic E-state index is -4.96. The van der Waals surface area contributed by atoms with Crippen LogP contribution in [-0.4, -0.2) is 21.5 Å². The summed E-state index contributed by atoms with van der Waals surface area (Å²) in [6.45, 7) is -0.0821. The molecule has 0 fully saturated rings. The van der Waals surface area contributed by atoms with Crippen molar-refractivity contribution >= 4 is 22.5 Å². The number of pyridine rings is 1. The molecule has 32 heavy (non-hydrogen) atoms. The van der Waals surface area contributed by atoms with Crippen molar-refractivity contribution in [1.82, 2.24) is 15.2 Å². The maximum atomic E-state index is 14.6. The van der Waals surface area contributed by atoms with Crippen LogP contribution in [0.4, 0.5) is 17.6 Å². The summed E-state index contributed by atoms with van der Waals surface area (Å²) in [4.78, 5) is 4.03. The summed E-state index contributed by atoms with van der Waals surface area (Å²) in [7, 11) is 0. The maximum Gasteiger partial charge on any atom is 0.573 e. The van der Waals surface area contributed by atoms with Crippen LogP contribution in [0.25, 0.3) is 22.0 Å². The van der Waals surface area contributed by atoms with Gasteiger partial charge in [0, 0.05) is 35.0 Å². The normalized spacial score (nSPS) is 11.4. The van der Waals surface area contributed by atoms with E-state index in [0.717, 1.165) is 23.7 Å². The summed E-state index contributed by atoms with van der Waals surface area (Å²) in [5, 5.41) is 17.0. The number of nitrogens with zero attached hydrogens (tertiary/aromatic N) is 3. The molecule has 0 amide bonds. The van der Waals surface area contributed by atoms with Crippen molar-refractivity contribution < 1.29 is 27.0 Å². The molecule has 6 nitrogen and oxygen atoms in total. The minimum Gasteiger partial charge on any atom is -0.486 e. The Morgan fingerprint density at radius 1 is 1.12 bits per heavy atom. The van der Waals surface area contributed by atoms with Gasteiger partial charge in [0.1, 0.15) is 35.7 Å². The van der Waals surface area contributed by atoms with Gasteiger partial charge in [0.15, 0.2) is 0 Å². The molecule has 0 aliphatic heterocycles. The number of fused-ring (bicyclic) bond motifs is 1. The number of nitriles is 1. The molecular weight excluding hydrogens is 452 g/mol. The maximum absolute atomic E-state index is 14.6. The zero-order chi connectivity index (χ0) is 22.9. The molecule has 0 spiro atoms. The quantitative estimate of drug-likeness (QED) is 0.381. The van der Waals surface area contributed by atoms with Gasteiger partial charge in [0.2, 0.25) is 0 Å². The topological polar surface area (TPSA) is 83.8 Å². The van der Waals surface area contributed by atoms with Crippen LogP contribution < -0.4 is 9.47 Å². The van der Waals surface area contributed by atoms with Gasteiger partial charge in [-0.2, -0.15) is 10.4 Å². The third-order valence-corrected chi connectivity index (χ3v) is 4.77. The van der Waals surface area contributed by atoms with Gasteiger partial charge in [-0.3, -0.25) is 10.1 Å². The molecule has 0 bridgehead atoms. The van der Waals surface area contributed by atoms with Crippen molar-refractivity contribution in [3.05, 3.63) is 70.9 Å². The second-order valence-electron chi connectivity index (χ2n) is 6.51. The van der Waals surface area contributed by atoms with Crippen LogP contribution in [-0.2, 0) is 6.61 Å². The molecule has 0 unspecified atom stereocenters. The molecule has 0 saturated carbocycles. The average Bonchev–Trinajstić information content (AvgIpc) is 3.16. The minimum absolute atomic E-state index is 0.00928. The van der Waals surface area contributed by atoms with E-state index < -0.39 is 17.9 Å². The van der Waals surface area contributed by atoms with Crippen LogP contribution in [0.5, 0.6) is 11.5 Å². The number of H-pyrrole nitrogens is 1. The first-order chi connectivity index (χ1) is 15.2. The predicted molar refractivity (Wildman–Crippen MR) is 106 cm³/mol. The largest absolute Gasteiger partial charge is 0.573 e. The van der Waals surface area contributed by atoms with Crippen molar-refractivity contribution in [3.8, 4) is 28.7 Å². The summed E-state index contributed by atoms with van der Waals surface area (Å²) in [6.07, 6.45) is -1.79. The number of ether oxygens (including phenoxy) is 2. The lowest BCUT2D eigenvalue weighted by Gasteiger charge is -2.15. The molecular formula is C21H11ClF4N4O2. The monoisotopic (exact) mass is 462 g/mol. The Morgan fingerprint density at radius 3 is 2.69 bits per heavy atom. The number of rotatable bonds is 5. The fourth-order valence-electron chi connectivity index (χ4n) is 3.04. The van der Waals surface area contributed by atoms with Gasteiger partial charge in [0.25, 0.3) is 0 Å². The molecule has 2 heterocycles. The first-order valence-electron chi connectivity index (χ1n) is 8.94. The highest BCUT2D eigenvalue weighted by atomic mass is 35.5. The highest BCUT2D eigenvalue weighted by Gasteiger charge is 2.31. The third kappa shape index (κ3) is 4.43. The first-order valence-corrected chi connectivity index (χ1v) is 9.32. The molecule has 0 aliphatic rings. The Morgan fingerprint density at radius 2 is 1.94 bits per heavy atom. The molecule has 0 atom stereocenters. The molecule has 4 rings (SSSR count). The molecule has 2 aromatic heterocycles. The van der Waals surface area contributed by atoms with Crippen molar-refractivity contribution in [3.63, 3.8) is 0 Å². The van der Waals surface area contributed by atoms with Crippen LogP contribution in [0.3, 0.4) is 0 Å². The SMILES string of the molecule is N#Cc1cc(-c2cc(OC(F)(F)F)ccc2F)c(OCc2n[nH]c3ccncc23)cc1Cl. The van der Waals surface area contributed by atoms with E-state index in [-0.39, 0.29) is 34.1 Å². The summed E-state index contributed by atoms with van der Waals surface area (Å²) in [6, 6.07) is 8.64. The number of aromatic nitrogens is 3. The van der Waals surface area contributed by atoms with Crippen molar-refractivity contribution in [2.75, 3.05) is 0 Å². The Labute approximate surface area is 183 Å². The summed E-state index contributed by atoms with van der Waals surface area (Å²) < 4.78 is 62.1. The average molecular weight is 463 g/mol. The van der Waals surface area contributed by atoms with Crippen LogP contribution in [0.2, 0.25) is 5.02 Å². The van der Waals surface area contributed by atoms with E-state index in [4.69, 9.17) is 16.3 Å². The molecule has 0 saturated heterocycles.